The SMILES string of the molecule is COC(=O)/C=C/[C@H](O)[C@@H](O)[C@H](O)CO. The lowest BCUT2D eigenvalue weighted by molar-refractivity contribution is -0.135. The van der Waals surface area contributed by atoms with Crippen LogP contribution in [0.3, 0.4) is 0 Å². The first kappa shape index (κ1) is 13.1. The molecular weight excluding hydrogens is 192 g/mol. The Balaban J connectivity index is 4.12. The average Bonchev–Trinajstić information content (AvgIpc) is 2.22. The molecule has 0 fully saturated rings. The van der Waals surface area contributed by atoms with E-state index >= 15 is 0 Å². The summed E-state index contributed by atoms with van der Waals surface area (Å²) >= 11 is 0. The van der Waals surface area contributed by atoms with Crippen LogP contribution in [0.1, 0.15) is 0 Å². The van der Waals surface area contributed by atoms with Gasteiger partial charge in [-0.15, -0.1) is 0 Å². The van der Waals surface area contributed by atoms with E-state index in [0.717, 1.165) is 19.3 Å². The van der Waals surface area contributed by atoms with Gasteiger partial charge in [-0.2, -0.15) is 0 Å². The average molecular weight is 206 g/mol. The maximum absolute atomic E-state index is 10.6. The normalized spacial score (nSPS) is 17.8. The first-order valence-corrected chi connectivity index (χ1v) is 3.94. The molecule has 0 aliphatic heterocycles. The van der Waals surface area contributed by atoms with Crippen LogP contribution in [0.4, 0.5) is 0 Å². The Morgan fingerprint density at radius 1 is 1.43 bits per heavy atom. The van der Waals surface area contributed by atoms with E-state index < -0.39 is 30.9 Å². The first-order chi connectivity index (χ1) is 6.52. The lowest BCUT2D eigenvalue weighted by Gasteiger charge is -2.18. The van der Waals surface area contributed by atoms with Gasteiger partial charge in [-0.25, -0.2) is 4.79 Å². The van der Waals surface area contributed by atoms with E-state index in [2.05, 4.69) is 4.74 Å². The fraction of sp³-hybridized carbons (Fsp3) is 0.625. The number of carbonyl (C=O) groups excluding carboxylic acids is 1. The molecule has 6 heteroatoms. The van der Waals surface area contributed by atoms with Gasteiger partial charge in [-0.05, 0) is 6.08 Å². The predicted octanol–water partition coefficient (Wildman–Crippen LogP) is -2.21. The number of aliphatic hydroxyl groups is 4. The lowest BCUT2D eigenvalue weighted by atomic mass is 10.1. The van der Waals surface area contributed by atoms with Crippen molar-refractivity contribution in [1.29, 1.82) is 0 Å². The van der Waals surface area contributed by atoms with Crippen LogP contribution in [0.2, 0.25) is 0 Å². The Bertz CT molecular complexity index is 202. The molecule has 4 N–H and O–H groups in total. The summed E-state index contributed by atoms with van der Waals surface area (Å²) < 4.78 is 4.24. The van der Waals surface area contributed by atoms with Gasteiger partial charge in [0.15, 0.2) is 0 Å². The molecule has 82 valence electrons. The van der Waals surface area contributed by atoms with Gasteiger partial charge in [0, 0.05) is 6.08 Å². The Morgan fingerprint density at radius 2 is 2.00 bits per heavy atom. The van der Waals surface area contributed by atoms with Crippen molar-refractivity contribution < 1.29 is 30.0 Å². The van der Waals surface area contributed by atoms with E-state index in [1.54, 1.807) is 0 Å². The summed E-state index contributed by atoms with van der Waals surface area (Å²) in [6, 6.07) is 0. The summed E-state index contributed by atoms with van der Waals surface area (Å²) in [6.07, 6.45) is -2.54. The van der Waals surface area contributed by atoms with Gasteiger partial charge in [0.25, 0.3) is 0 Å². The number of hydrogen-bond acceptors (Lipinski definition) is 6. The lowest BCUT2D eigenvalue weighted by Crippen LogP contribution is -2.38. The Morgan fingerprint density at radius 3 is 2.43 bits per heavy atom. The minimum atomic E-state index is -1.54. The maximum atomic E-state index is 10.6. The number of methoxy groups -OCH3 is 1. The second-order valence-electron chi connectivity index (χ2n) is 2.61. The minimum absolute atomic E-state index is 0.676. The number of rotatable bonds is 5. The van der Waals surface area contributed by atoms with Crippen molar-refractivity contribution in [2.24, 2.45) is 0 Å². The van der Waals surface area contributed by atoms with E-state index in [-0.39, 0.29) is 0 Å². The standard InChI is InChI=1S/C8H14O6/c1-14-7(12)3-2-5(10)8(13)6(11)4-9/h2-3,5-6,8-11,13H,4H2,1H3/b3-2+/t5-,6+,8+/m0/s1. The topological polar surface area (TPSA) is 107 Å². The molecule has 0 aromatic heterocycles. The van der Waals surface area contributed by atoms with Crippen LogP contribution >= 0.6 is 0 Å². The van der Waals surface area contributed by atoms with Gasteiger partial charge in [0.05, 0.1) is 13.7 Å². The van der Waals surface area contributed by atoms with Crippen molar-refractivity contribution in [2.45, 2.75) is 18.3 Å². The van der Waals surface area contributed by atoms with Crippen LogP contribution in [-0.4, -0.2) is 58.4 Å². The monoisotopic (exact) mass is 206 g/mol. The molecule has 14 heavy (non-hydrogen) atoms. The van der Waals surface area contributed by atoms with Gasteiger partial charge in [0.1, 0.15) is 18.3 Å². The number of hydrogen-bond donors (Lipinski definition) is 4. The molecule has 0 aliphatic carbocycles. The number of aliphatic hydroxyl groups excluding tert-OH is 4. The van der Waals surface area contributed by atoms with Crippen LogP contribution in [0.15, 0.2) is 12.2 Å². The van der Waals surface area contributed by atoms with Crippen LogP contribution in [0, 0.1) is 0 Å². The van der Waals surface area contributed by atoms with E-state index in [4.69, 9.17) is 20.4 Å². The molecular formula is C8H14O6. The number of carbonyl (C=O) groups is 1. The van der Waals surface area contributed by atoms with Crippen LogP contribution in [0.25, 0.3) is 0 Å². The third-order valence-electron chi connectivity index (χ3n) is 1.56. The molecule has 0 saturated heterocycles. The maximum Gasteiger partial charge on any atom is 0.330 e. The summed E-state index contributed by atoms with van der Waals surface area (Å²) in [5.41, 5.74) is 0. The second kappa shape index (κ2) is 6.50. The highest BCUT2D eigenvalue weighted by molar-refractivity contribution is 5.81. The van der Waals surface area contributed by atoms with Gasteiger partial charge in [-0.1, -0.05) is 0 Å². The van der Waals surface area contributed by atoms with Gasteiger partial charge < -0.3 is 25.2 Å². The van der Waals surface area contributed by atoms with E-state index in [0.29, 0.717) is 0 Å². The Hall–Kier alpha value is -0.950. The Labute approximate surface area is 81.1 Å². The largest absolute Gasteiger partial charge is 0.466 e. The molecule has 0 rings (SSSR count). The highest BCUT2D eigenvalue weighted by atomic mass is 16.5. The van der Waals surface area contributed by atoms with Crippen molar-refractivity contribution in [3.05, 3.63) is 12.2 Å². The smallest absolute Gasteiger partial charge is 0.330 e. The molecule has 0 unspecified atom stereocenters. The van der Waals surface area contributed by atoms with Crippen molar-refractivity contribution >= 4 is 5.97 Å². The zero-order chi connectivity index (χ0) is 11.1. The van der Waals surface area contributed by atoms with Crippen LogP contribution in [0.5, 0.6) is 0 Å². The molecule has 0 aromatic carbocycles. The minimum Gasteiger partial charge on any atom is -0.466 e. The molecule has 0 radical (unpaired) electrons. The molecule has 0 bridgehead atoms. The zero-order valence-corrected chi connectivity index (χ0v) is 7.70. The third-order valence-corrected chi connectivity index (χ3v) is 1.56. The summed E-state index contributed by atoms with van der Waals surface area (Å²) in [7, 11) is 1.16. The summed E-state index contributed by atoms with van der Waals surface area (Å²) in [5, 5.41) is 35.6. The van der Waals surface area contributed by atoms with Gasteiger partial charge in [0.2, 0.25) is 0 Å². The van der Waals surface area contributed by atoms with Crippen molar-refractivity contribution in [3.63, 3.8) is 0 Å². The second-order valence-corrected chi connectivity index (χ2v) is 2.61. The molecule has 0 aromatic rings. The number of esters is 1. The van der Waals surface area contributed by atoms with Crippen molar-refractivity contribution in [3.8, 4) is 0 Å². The predicted molar refractivity (Wildman–Crippen MR) is 46.3 cm³/mol. The summed E-state index contributed by atoms with van der Waals surface area (Å²) in [6.45, 7) is -0.676. The quantitative estimate of drug-likeness (QED) is 0.300. The van der Waals surface area contributed by atoms with E-state index in [9.17, 15) is 4.79 Å². The number of ether oxygens (including phenoxy) is 1. The molecule has 0 aliphatic rings. The van der Waals surface area contributed by atoms with Gasteiger partial charge >= 0.3 is 5.97 Å². The Kier molecular flexibility index (Phi) is 6.06. The molecule has 0 amide bonds. The molecule has 0 saturated carbocycles. The molecule has 0 heterocycles. The van der Waals surface area contributed by atoms with Crippen LogP contribution < -0.4 is 0 Å². The molecule has 0 spiro atoms. The first-order valence-electron chi connectivity index (χ1n) is 3.94. The fourth-order valence-electron chi connectivity index (χ4n) is 0.695. The van der Waals surface area contributed by atoms with E-state index in [1.165, 1.54) is 0 Å². The summed E-state index contributed by atoms with van der Waals surface area (Å²) in [4.78, 5) is 10.6. The van der Waals surface area contributed by atoms with Crippen molar-refractivity contribution in [1.82, 2.24) is 0 Å². The third kappa shape index (κ3) is 4.33. The van der Waals surface area contributed by atoms with E-state index in [1.807, 2.05) is 0 Å². The molecule has 6 nitrogen and oxygen atoms in total. The van der Waals surface area contributed by atoms with Crippen molar-refractivity contribution in [2.75, 3.05) is 13.7 Å². The fourth-order valence-corrected chi connectivity index (χ4v) is 0.695. The molecule has 3 atom stereocenters. The highest BCUT2D eigenvalue weighted by Crippen LogP contribution is 2.01. The van der Waals surface area contributed by atoms with Gasteiger partial charge in [-0.3, -0.25) is 0 Å². The zero-order valence-electron chi connectivity index (χ0n) is 7.70. The summed E-state index contributed by atoms with van der Waals surface area (Å²) in [5.74, 6) is -0.685. The highest BCUT2D eigenvalue weighted by Gasteiger charge is 2.21. The van der Waals surface area contributed by atoms with Crippen LogP contribution in [-0.2, 0) is 9.53 Å².